The summed E-state index contributed by atoms with van der Waals surface area (Å²) in [7, 11) is 0. The molecule has 0 saturated heterocycles. The number of nitrogens with zero attached hydrogens (tertiary/aromatic N) is 2. The van der Waals surface area contributed by atoms with Gasteiger partial charge in [0.2, 0.25) is 0 Å². The van der Waals surface area contributed by atoms with Crippen molar-refractivity contribution in [2.75, 3.05) is 11.4 Å². The van der Waals surface area contributed by atoms with Crippen LogP contribution in [0.5, 0.6) is 0 Å². The number of hydrogen-bond donors (Lipinski definition) is 0. The molecule has 106 valence electrons. The van der Waals surface area contributed by atoms with Crippen LogP contribution in [-0.4, -0.2) is 17.4 Å². The highest BCUT2D eigenvalue weighted by atomic mass is 79.9. The van der Waals surface area contributed by atoms with Crippen LogP contribution in [0.3, 0.4) is 0 Å². The fraction of sp³-hybridized carbons (Fsp3) is 0.286. The Balaban J connectivity index is 2.41. The molecular weight excluding hydrogens is 388 g/mol. The van der Waals surface area contributed by atoms with Gasteiger partial charge in [-0.25, -0.2) is 4.98 Å². The molecule has 0 aliphatic heterocycles. The van der Waals surface area contributed by atoms with Crippen molar-refractivity contribution in [1.29, 1.82) is 0 Å². The zero-order valence-electron chi connectivity index (χ0n) is 11.4. The molecule has 4 nitrogen and oxygen atoms in total. The Morgan fingerprint density at radius 3 is 2.45 bits per heavy atom. The first-order valence-corrected chi connectivity index (χ1v) is 7.73. The average molecular weight is 402 g/mol. The summed E-state index contributed by atoms with van der Waals surface area (Å²) in [5, 5.41) is 0. The maximum Gasteiger partial charge on any atom is 0.264 e. The maximum absolute atomic E-state index is 12.7. The Morgan fingerprint density at radius 1 is 1.30 bits per heavy atom. The topological polar surface area (TPSA) is 46.3 Å². The van der Waals surface area contributed by atoms with Gasteiger partial charge >= 0.3 is 0 Å². The Bertz CT molecular complexity index is 635. The van der Waals surface area contributed by atoms with Gasteiger partial charge in [-0.1, -0.05) is 0 Å². The molecule has 0 aliphatic rings. The Kier molecular flexibility index (Phi) is 4.65. The van der Waals surface area contributed by atoms with Gasteiger partial charge in [-0.3, -0.25) is 9.69 Å². The number of amides is 1. The quantitative estimate of drug-likeness (QED) is 0.761. The molecule has 0 radical (unpaired) electrons. The predicted octanol–water partition coefficient (Wildman–Crippen LogP) is 4.48. The van der Waals surface area contributed by atoms with E-state index in [1.807, 2.05) is 26.0 Å². The van der Waals surface area contributed by atoms with Gasteiger partial charge in [-0.2, -0.15) is 0 Å². The Labute approximate surface area is 134 Å². The first-order chi connectivity index (χ1) is 9.45. The van der Waals surface area contributed by atoms with E-state index in [9.17, 15) is 4.79 Å². The van der Waals surface area contributed by atoms with Crippen LogP contribution in [0.1, 0.15) is 28.8 Å². The van der Waals surface area contributed by atoms with E-state index in [2.05, 4.69) is 36.8 Å². The second kappa shape index (κ2) is 6.10. The van der Waals surface area contributed by atoms with Crippen molar-refractivity contribution in [3.63, 3.8) is 0 Å². The van der Waals surface area contributed by atoms with Gasteiger partial charge in [-0.05, 0) is 64.8 Å². The average Bonchev–Trinajstić information content (AvgIpc) is 2.66. The Morgan fingerprint density at radius 2 is 2.00 bits per heavy atom. The fourth-order valence-electron chi connectivity index (χ4n) is 1.97. The van der Waals surface area contributed by atoms with Crippen molar-refractivity contribution in [1.82, 2.24) is 4.98 Å². The fourth-order valence-corrected chi connectivity index (χ4v) is 2.74. The van der Waals surface area contributed by atoms with E-state index in [1.165, 1.54) is 0 Å². The molecule has 1 amide bonds. The van der Waals surface area contributed by atoms with Gasteiger partial charge in [0.25, 0.3) is 5.91 Å². The molecule has 0 N–H and O–H groups in total. The lowest BCUT2D eigenvalue weighted by Gasteiger charge is -2.19. The first kappa shape index (κ1) is 15.3. The molecule has 2 aromatic rings. The number of halogens is 2. The van der Waals surface area contributed by atoms with E-state index < -0.39 is 0 Å². The van der Waals surface area contributed by atoms with E-state index in [4.69, 9.17) is 4.42 Å². The minimum absolute atomic E-state index is 0.122. The SMILES string of the molecule is CCN(C(=O)c1c(C)oc(C)c1Br)c1ccc(Br)cn1. The molecule has 2 aromatic heterocycles. The molecule has 0 spiro atoms. The highest BCUT2D eigenvalue weighted by Gasteiger charge is 2.25. The van der Waals surface area contributed by atoms with Gasteiger partial charge in [0, 0.05) is 17.2 Å². The molecular formula is C14H14Br2N2O2. The minimum Gasteiger partial charge on any atom is -0.465 e. The van der Waals surface area contributed by atoms with Crippen molar-refractivity contribution in [2.45, 2.75) is 20.8 Å². The summed E-state index contributed by atoms with van der Waals surface area (Å²) in [6.45, 7) is 6.05. The molecule has 6 heteroatoms. The first-order valence-electron chi connectivity index (χ1n) is 6.14. The molecule has 0 aromatic carbocycles. The number of aryl methyl sites for hydroxylation is 2. The highest BCUT2D eigenvalue weighted by molar-refractivity contribution is 9.10. The summed E-state index contributed by atoms with van der Waals surface area (Å²) in [6.07, 6.45) is 1.67. The van der Waals surface area contributed by atoms with E-state index in [1.54, 1.807) is 18.0 Å². The number of furan rings is 1. The van der Waals surface area contributed by atoms with Crippen molar-refractivity contribution in [2.24, 2.45) is 0 Å². The lowest BCUT2D eigenvalue weighted by Crippen LogP contribution is -2.31. The summed E-state index contributed by atoms with van der Waals surface area (Å²) in [5.41, 5.74) is 0.550. The van der Waals surface area contributed by atoms with E-state index in [-0.39, 0.29) is 5.91 Å². The summed E-state index contributed by atoms with van der Waals surface area (Å²) in [6, 6.07) is 3.67. The van der Waals surface area contributed by atoms with Crippen LogP contribution in [0.2, 0.25) is 0 Å². The monoisotopic (exact) mass is 400 g/mol. The zero-order valence-corrected chi connectivity index (χ0v) is 14.6. The van der Waals surface area contributed by atoms with E-state index in [0.717, 1.165) is 4.47 Å². The minimum atomic E-state index is -0.122. The smallest absolute Gasteiger partial charge is 0.264 e. The lowest BCUT2D eigenvalue weighted by atomic mass is 10.2. The number of pyridine rings is 1. The molecule has 0 atom stereocenters. The predicted molar refractivity (Wildman–Crippen MR) is 85.2 cm³/mol. The van der Waals surface area contributed by atoms with Gasteiger partial charge in [0.1, 0.15) is 17.3 Å². The van der Waals surface area contributed by atoms with Gasteiger partial charge in [0.05, 0.1) is 10.0 Å². The maximum atomic E-state index is 12.7. The number of hydrogen-bond acceptors (Lipinski definition) is 3. The van der Waals surface area contributed by atoms with Crippen LogP contribution in [0.25, 0.3) is 0 Å². The van der Waals surface area contributed by atoms with Gasteiger partial charge < -0.3 is 4.42 Å². The number of carbonyl (C=O) groups is 1. The largest absolute Gasteiger partial charge is 0.465 e. The molecule has 0 saturated carbocycles. The normalized spacial score (nSPS) is 10.7. The standard InChI is InChI=1S/C14H14Br2N2O2/c1-4-18(11-6-5-10(15)7-17-11)14(19)12-8(2)20-9(3)13(12)16/h5-7H,4H2,1-3H3. The molecule has 2 rings (SSSR count). The third kappa shape index (κ3) is 2.81. The molecule has 0 fully saturated rings. The van der Waals surface area contributed by atoms with E-state index >= 15 is 0 Å². The third-order valence-corrected chi connectivity index (χ3v) is 4.37. The summed E-state index contributed by atoms with van der Waals surface area (Å²) < 4.78 is 7.07. The summed E-state index contributed by atoms with van der Waals surface area (Å²) in [5.74, 6) is 1.80. The van der Waals surface area contributed by atoms with Crippen molar-refractivity contribution in [3.8, 4) is 0 Å². The van der Waals surface area contributed by atoms with Gasteiger partial charge in [-0.15, -0.1) is 0 Å². The molecule has 0 unspecified atom stereocenters. The highest BCUT2D eigenvalue weighted by Crippen LogP contribution is 2.29. The summed E-state index contributed by atoms with van der Waals surface area (Å²) in [4.78, 5) is 18.6. The lowest BCUT2D eigenvalue weighted by molar-refractivity contribution is 0.0985. The second-order valence-corrected chi connectivity index (χ2v) is 6.00. The molecule has 2 heterocycles. The molecule has 0 aliphatic carbocycles. The molecule has 0 bridgehead atoms. The van der Waals surface area contributed by atoms with Crippen LogP contribution in [0.4, 0.5) is 5.82 Å². The Hall–Kier alpha value is -1.14. The van der Waals surface area contributed by atoms with Crippen LogP contribution in [0.15, 0.2) is 31.7 Å². The van der Waals surface area contributed by atoms with Crippen LogP contribution in [0, 0.1) is 13.8 Å². The summed E-state index contributed by atoms with van der Waals surface area (Å²) >= 11 is 6.75. The molecule has 20 heavy (non-hydrogen) atoms. The second-order valence-electron chi connectivity index (χ2n) is 4.29. The van der Waals surface area contributed by atoms with Crippen LogP contribution >= 0.6 is 31.9 Å². The van der Waals surface area contributed by atoms with Crippen LogP contribution in [-0.2, 0) is 0 Å². The number of carbonyl (C=O) groups excluding carboxylic acids is 1. The van der Waals surface area contributed by atoms with E-state index in [0.29, 0.717) is 33.9 Å². The third-order valence-electron chi connectivity index (χ3n) is 2.95. The number of aromatic nitrogens is 1. The van der Waals surface area contributed by atoms with Crippen molar-refractivity contribution >= 4 is 43.6 Å². The number of anilines is 1. The van der Waals surface area contributed by atoms with Crippen molar-refractivity contribution < 1.29 is 9.21 Å². The van der Waals surface area contributed by atoms with Crippen LogP contribution < -0.4 is 4.90 Å². The van der Waals surface area contributed by atoms with Crippen molar-refractivity contribution in [3.05, 3.63) is 44.4 Å². The van der Waals surface area contributed by atoms with Gasteiger partial charge in [0.15, 0.2) is 0 Å². The zero-order chi connectivity index (χ0) is 14.9. The number of rotatable bonds is 3.